The van der Waals surface area contributed by atoms with E-state index in [1.807, 2.05) is 12.3 Å². The topological polar surface area (TPSA) is 83.2 Å². The second-order valence-electron chi connectivity index (χ2n) is 8.96. The molecule has 3 aliphatic rings. The number of hydrogen-bond donors (Lipinski definition) is 1. The summed E-state index contributed by atoms with van der Waals surface area (Å²) in [5.74, 6) is -0.450. The van der Waals surface area contributed by atoms with Crippen molar-refractivity contribution in [3.63, 3.8) is 0 Å². The third-order valence-electron chi connectivity index (χ3n) is 6.53. The van der Waals surface area contributed by atoms with Crippen LogP contribution in [0.5, 0.6) is 0 Å². The highest BCUT2D eigenvalue weighted by Gasteiger charge is 2.44. The molecule has 2 saturated heterocycles. The number of nitrogens with zero attached hydrogens (tertiary/aromatic N) is 2. The van der Waals surface area contributed by atoms with Gasteiger partial charge in [0.05, 0.1) is 19.1 Å². The molecule has 0 bridgehead atoms. The number of piperidine rings is 1. The Hall–Kier alpha value is -2.07. The summed E-state index contributed by atoms with van der Waals surface area (Å²) in [5, 5.41) is 7.12. The zero-order valence-corrected chi connectivity index (χ0v) is 18.2. The van der Waals surface area contributed by atoms with Gasteiger partial charge in [0.2, 0.25) is 5.91 Å². The van der Waals surface area contributed by atoms with Crippen molar-refractivity contribution in [3.8, 4) is 0 Å². The summed E-state index contributed by atoms with van der Waals surface area (Å²) in [6.07, 6.45) is 3.15. The Balaban J connectivity index is 0.000000360. The van der Waals surface area contributed by atoms with Crippen molar-refractivity contribution in [1.29, 1.82) is 0 Å². The third-order valence-corrected chi connectivity index (χ3v) is 6.53. The summed E-state index contributed by atoms with van der Waals surface area (Å²) < 4.78 is 42.5. The lowest BCUT2D eigenvalue weighted by atomic mass is 9.74. The summed E-state index contributed by atoms with van der Waals surface area (Å²) in [6.45, 7) is 5.62. The maximum absolute atomic E-state index is 13.1. The molecule has 0 aromatic carbocycles. The zero-order chi connectivity index (χ0) is 23.3. The molecule has 0 spiro atoms. The molecule has 3 atom stereocenters. The number of aliphatic carboxylic acids is 1. The average Bonchev–Trinajstić information content (AvgIpc) is 3.44. The predicted octanol–water partition coefficient (Wildman–Crippen LogP) is 3.26. The standard InChI is InChI=1S/C20H30N2O3.C2HF3O2/c1-24-14-17-12-22(11-15-2-3-15)20(23)19-5-8-21(7-4-18(17)19)10-16-6-9-25-13-16;3-2(4,5)1(6)7/h6,9,13,15,17-19H,2-5,7-8,10-12,14H2,1H3;(H,6,7)/t17-,18-,19-;/m1./s1. The second-order valence-corrected chi connectivity index (χ2v) is 8.96. The van der Waals surface area contributed by atoms with Crippen molar-refractivity contribution >= 4 is 11.9 Å². The fraction of sp³-hybridized carbons (Fsp3) is 0.727. The van der Waals surface area contributed by atoms with Crippen molar-refractivity contribution < 1.29 is 37.0 Å². The van der Waals surface area contributed by atoms with Crippen LogP contribution >= 0.6 is 0 Å². The Morgan fingerprint density at radius 2 is 1.94 bits per heavy atom. The number of carboxylic acids is 1. The summed E-state index contributed by atoms with van der Waals surface area (Å²) in [6, 6.07) is 2.04. The number of furan rings is 1. The van der Waals surface area contributed by atoms with Gasteiger partial charge in [-0.1, -0.05) is 0 Å². The van der Waals surface area contributed by atoms with Gasteiger partial charge < -0.3 is 19.2 Å². The number of hydrogen-bond acceptors (Lipinski definition) is 5. The lowest BCUT2D eigenvalue weighted by Crippen LogP contribution is -2.52. The lowest BCUT2D eigenvalue weighted by Gasteiger charge is -2.42. The molecule has 1 N–H and O–H groups in total. The van der Waals surface area contributed by atoms with Crippen LogP contribution in [0.1, 0.15) is 31.2 Å². The van der Waals surface area contributed by atoms with E-state index in [0.717, 1.165) is 58.1 Å². The normalized spacial score (nSPS) is 26.7. The van der Waals surface area contributed by atoms with E-state index in [1.54, 1.807) is 13.4 Å². The summed E-state index contributed by atoms with van der Waals surface area (Å²) in [7, 11) is 1.79. The predicted molar refractivity (Wildman–Crippen MR) is 109 cm³/mol. The van der Waals surface area contributed by atoms with Gasteiger partial charge in [-0.15, -0.1) is 0 Å². The maximum Gasteiger partial charge on any atom is 0.490 e. The van der Waals surface area contributed by atoms with E-state index >= 15 is 0 Å². The number of alkyl halides is 3. The van der Waals surface area contributed by atoms with Crippen LogP contribution in [0, 0.1) is 23.7 Å². The largest absolute Gasteiger partial charge is 0.490 e. The molecule has 180 valence electrons. The molecule has 1 aromatic rings. The molecule has 1 saturated carbocycles. The molecule has 32 heavy (non-hydrogen) atoms. The number of amides is 1. The Kier molecular flexibility index (Phi) is 8.21. The van der Waals surface area contributed by atoms with Crippen LogP contribution < -0.4 is 0 Å². The number of methoxy groups -OCH3 is 1. The Morgan fingerprint density at radius 3 is 2.50 bits per heavy atom. The van der Waals surface area contributed by atoms with Gasteiger partial charge in [0.25, 0.3) is 0 Å². The average molecular weight is 460 g/mol. The molecule has 1 amide bonds. The summed E-state index contributed by atoms with van der Waals surface area (Å²) in [4.78, 5) is 26.6. The van der Waals surface area contributed by atoms with E-state index < -0.39 is 12.1 Å². The number of carbonyl (C=O) groups is 2. The molecule has 4 rings (SSSR count). The van der Waals surface area contributed by atoms with Crippen LogP contribution in [0.4, 0.5) is 13.2 Å². The molecule has 3 heterocycles. The highest BCUT2D eigenvalue weighted by atomic mass is 19.4. The SMILES string of the molecule is COC[C@H]1CN(CC2CC2)C(=O)[C@@H]2CCN(Cc3ccoc3)CC[C@H]12.O=C(O)C(F)(F)F. The minimum absolute atomic E-state index is 0.182. The third kappa shape index (κ3) is 6.71. The molecule has 0 unspecified atom stereocenters. The Bertz CT molecular complexity index is 751. The zero-order valence-electron chi connectivity index (χ0n) is 18.2. The quantitative estimate of drug-likeness (QED) is 0.702. The number of rotatable bonds is 6. The van der Waals surface area contributed by atoms with Crippen molar-refractivity contribution in [2.24, 2.45) is 23.7 Å². The van der Waals surface area contributed by atoms with Crippen molar-refractivity contribution in [2.75, 3.05) is 39.9 Å². The van der Waals surface area contributed by atoms with Crippen LogP contribution in [0.25, 0.3) is 0 Å². The number of carbonyl (C=O) groups excluding carboxylic acids is 1. The molecule has 1 aromatic heterocycles. The lowest BCUT2D eigenvalue weighted by molar-refractivity contribution is -0.192. The summed E-state index contributed by atoms with van der Waals surface area (Å²) in [5.41, 5.74) is 1.22. The van der Waals surface area contributed by atoms with Crippen LogP contribution in [-0.2, 0) is 20.9 Å². The van der Waals surface area contributed by atoms with Gasteiger partial charge in [-0.25, -0.2) is 4.79 Å². The molecule has 0 radical (unpaired) electrons. The highest BCUT2D eigenvalue weighted by molar-refractivity contribution is 5.80. The van der Waals surface area contributed by atoms with Crippen molar-refractivity contribution in [3.05, 3.63) is 24.2 Å². The first kappa shape index (κ1) is 24.6. The van der Waals surface area contributed by atoms with Gasteiger partial charge in [0.15, 0.2) is 0 Å². The highest BCUT2D eigenvalue weighted by Crippen LogP contribution is 2.39. The van der Waals surface area contributed by atoms with E-state index in [4.69, 9.17) is 19.1 Å². The van der Waals surface area contributed by atoms with E-state index in [2.05, 4.69) is 9.80 Å². The van der Waals surface area contributed by atoms with Gasteiger partial charge in [-0.05, 0) is 56.7 Å². The Labute approximate surface area is 185 Å². The van der Waals surface area contributed by atoms with Gasteiger partial charge in [0.1, 0.15) is 0 Å². The van der Waals surface area contributed by atoms with Gasteiger partial charge in [0, 0.05) is 44.1 Å². The fourth-order valence-corrected chi connectivity index (χ4v) is 4.76. The minimum atomic E-state index is -5.08. The number of likely N-dealkylation sites (tertiary alicyclic amines) is 2. The van der Waals surface area contributed by atoms with E-state index in [1.165, 1.54) is 18.4 Å². The minimum Gasteiger partial charge on any atom is -0.475 e. The maximum atomic E-state index is 13.1. The van der Waals surface area contributed by atoms with Crippen LogP contribution in [0.15, 0.2) is 23.0 Å². The van der Waals surface area contributed by atoms with E-state index in [0.29, 0.717) is 17.7 Å². The summed E-state index contributed by atoms with van der Waals surface area (Å²) >= 11 is 0. The molecule has 7 nitrogen and oxygen atoms in total. The van der Waals surface area contributed by atoms with Gasteiger partial charge >= 0.3 is 12.1 Å². The molecular formula is C22H31F3N2O5. The number of carboxylic acid groups (broad SMARTS) is 1. The molecule has 2 aliphatic heterocycles. The van der Waals surface area contributed by atoms with Crippen molar-refractivity contribution in [2.45, 2.75) is 38.4 Å². The second kappa shape index (κ2) is 10.7. The molecule has 1 aliphatic carbocycles. The Morgan fingerprint density at radius 1 is 1.25 bits per heavy atom. The van der Waals surface area contributed by atoms with Crippen molar-refractivity contribution in [1.82, 2.24) is 9.80 Å². The number of fused-ring (bicyclic) bond motifs is 1. The van der Waals surface area contributed by atoms with E-state index in [9.17, 15) is 18.0 Å². The van der Waals surface area contributed by atoms with Crippen LogP contribution in [0.2, 0.25) is 0 Å². The van der Waals surface area contributed by atoms with Crippen LogP contribution in [0.3, 0.4) is 0 Å². The monoisotopic (exact) mass is 460 g/mol. The molecule has 10 heteroatoms. The smallest absolute Gasteiger partial charge is 0.475 e. The van der Waals surface area contributed by atoms with Crippen LogP contribution in [-0.4, -0.2) is 72.9 Å². The first-order chi connectivity index (χ1) is 15.2. The van der Waals surface area contributed by atoms with Gasteiger partial charge in [-0.3, -0.25) is 9.69 Å². The fourth-order valence-electron chi connectivity index (χ4n) is 4.76. The first-order valence-corrected chi connectivity index (χ1v) is 11.0. The first-order valence-electron chi connectivity index (χ1n) is 11.0. The molecular weight excluding hydrogens is 429 g/mol. The number of halogens is 3. The van der Waals surface area contributed by atoms with Gasteiger partial charge in [-0.2, -0.15) is 13.2 Å². The number of ether oxygens (including phenoxy) is 1. The van der Waals surface area contributed by atoms with E-state index in [-0.39, 0.29) is 5.92 Å². The molecule has 3 fully saturated rings.